The van der Waals surface area contributed by atoms with Crippen LogP contribution in [0.1, 0.15) is 13.8 Å². The summed E-state index contributed by atoms with van der Waals surface area (Å²) < 4.78 is 0. The predicted molar refractivity (Wildman–Crippen MR) is 88.0 cm³/mol. The number of hydrogen-bond acceptors (Lipinski definition) is 1. The molecule has 19 heavy (non-hydrogen) atoms. The zero-order valence-electron chi connectivity index (χ0n) is 12.3. The van der Waals surface area contributed by atoms with Crippen molar-refractivity contribution in [3.63, 3.8) is 0 Å². The molecule has 0 atom stereocenters. The zero-order chi connectivity index (χ0) is 14.5. The van der Waals surface area contributed by atoms with Gasteiger partial charge in [-0.2, -0.15) is 0 Å². The lowest BCUT2D eigenvalue weighted by Gasteiger charge is -2.20. The Kier molecular flexibility index (Phi) is 9.91. The molecule has 0 aliphatic carbocycles. The van der Waals surface area contributed by atoms with Crippen LogP contribution in [-0.2, 0) is 0 Å². The van der Waals surface area contributed by atoms with Gasteiger partial charge in [-0.05, 0) is 11.6 Å². The normalized spacial score (nSPS) is 25.7. The fourth-order valence-corrected chi connectivity index (χ4v) is 1.56. The molecule has 0 saturated carbocycles. The summed E-state index contributed by atoms with van der Waals surface area (Å²) in [5.41, 5.74) is 2.16. The second kappa shape index (κ2) is 11.1. The van der Waals surface area contributed by atoms with Gasteiger partial charge in [0, 0.05) is 19.3 Å². The molecule has 0 amide bonds. The molecule has 0 unspecified atom stereocenters. The molecule has 0 aromatic carbocycles. The highest BCUT2D eigenvalue weighted by Gasteiger charge is 2.02. The van der Waals surface area contributed by atoms with Crippen LogP contribution in [0, 0.1) is 0 Å². The topological polar surface area (TPSA) is 3.24 Å². The first-order valence-corrected chi connectivity index (χ1v) is 6.66. The van der Waals surface area contributed by atoms with E-state index in [9.17, 15) is 0 Å². The van der Waals surface area contributed by atoms with E-state index in [1.807, 2.05) is 75.6 Å². The van der Waals surface area contributed by atoms with Crippen LogP contribution < -0.4 is 0 Å². The number of nitrogens with zero attached hydrogens (tertiary/aromatic N) is 1. The van der Waals surface area contributed by atoms with Crippen molar-refractivity contribution in [3.05, 3.63) is 85.2 Å². The maximum Gasteiger partial charge on any atom is 0.0433 e. The Balaban J connectivity index is 0.00000154. The van der Waals surface area contributed by atoms with E-state index in [1.165, 1.54) is 0 Å². The van der Waals surface area contributed by atoms with E-state index in [2.05, 4.69) is 24.1 Å². The molecule has 102 valence electrons. The summed E-state index contributed by atoms with van der Waals surface area (Å²) in [6.07, 6.45) is 19.9. The van der Waals surface area contributed by atoms with Crippen LogP contribution in [0.2, 0.25) is 0 Å². The average molecular weight is 255 g/mol. The lowest BCUT2D eigenvalue weighted by atomic mass is 10.1. The van der Waals surface area contributed by atoms with Crippen molar-refractivity contribution in [3.8, 4) is 0 Å². The highest BCUT2D eigenvalue weighted by atomic mass is 15.1. The summed E-state index contributed by atoms with van der Waals surface area (Å²) >= 11 is 0. The summed E-state index contributed by atoms with van der Waals surface area (Å²) in [5, 5.41) is 0. The van der Waals surface area contributed by atoms with Crippen LogP contribution in [0.25, 0.3) is 0 Å². The zero-order valence-corrected chi connectivity index (χ0v) is 12.3. The Morgan fingerprint density at radius 1 is 0.947 bits per heavy atom. The number of rotatable bonds is 2. The van der Waals surface area contributed by atoms with Crippen molar-refractivity contribution >= 4 is 0 Å². The largest absolute Gasteiger partial charge is 0.370 e. The smallest absolute Gasteiger partial charge is 0.0433 e. The summed E-state index contributed by atoms with van der Waals surface area (Å²) in [7, 11) is 2.05. The summed E-state index contributed by atoms with van der Waals surface area (Å²) in [5.74, 6) is 0. The third-order valence-electron chi connectivity index (χ3n) is 2.47. The summed E-state index contributed by atoms with van der Waals surface area (Å²) in [4.78, 5) is 2.14. The molecule has 1 rings (SSSR count). The maximum absolute atomic E-state index is 3.86. The van der Waals surface area contributed by atoms with E-state index >= 15 is 0 Å². The molecule has 1 aliphatic rings. The van der Waals surface area contributed by atoms with Gasteiger partial charge in [0.15, 0.2) is 0 Å². The SMILES string of the molecule is C=CC1=C(/C=C)N(C)C/C=C/C=C\C=C\C=C/1.CC. The molecular formula is C18H25N. The van der Waals surface area contributed by atoms with Gasteiger partial charge in [0.2, 0.25) is 0 Å². The number of allylic oxidation sites excluding steroid dienone is 10. The molecule has 0 fully saturated rings. The van der Waals surface area contributed by atoms with Crippen LogP contribution in [-0.4, -0.2) is 18.5 Å². The van der Waals surface area contributed by atoms with Gasteiger partial charge in [0.05, 0.1) is 0 Å². The molecule has 0 spiro atoms. The van der Waals surface area contributed by atoms with Crippen LogP contribution in [0.4, 0.5) is 0 Å². The lowest BCUT2D eigenvalue weighted by molar-refractivity contribution is 0.477. The van der Waals surface area contributed by atoms with Crippen molar-refractivity contribution in [1.82, 2.24) is 4.90 Å². The lowest BCUT2D eigenvalue weighted by Crippen LogP contribution is -2.17. The van der Waals surface area contributed by atoms with Crippen molar-refractivity contribution in [1.29, 1.82) is 0 Å². The van der Waals surface area contributed by atoms with Crippen LogP contribution in [0.3, 0.4) is 0 Å². The Morgan fingerprint density at radius 3 is 2.11 bits per heavy atom. The molecule has 1 nitrogen and oxygen atoms in total. The molecule has 1 heterocycles. The Bertz CT molecular complexity index is 417. The third kappa shape index (κ3) is 6.46. The van der Waals surface area contributed by atoms with Gasteiger partial charge in [0.1, 0.15) is 0 Å². The van der Waals surface area contributed by atoms with Gasteiger partial charge < -0.3 is 4.90 Å². The third-order valence-corrected chi connectivity index (χ3v) is 2.47. The summed E-state index contributed by atoms with van der Waals surface area (Å²) in [6, 6.07) is 0. The fraction of sp³-hybridized carbons (Fsp3) is 0.222. The van der Waals surface area contributed by atoms with Crippen molar-refractivity contribution < 1.29 is 0 Å². The van der Waals surface area contributed by atoms with Gasteiger partial charge in [-0.1, -0.05) is 81.7 Å². The van der Waals surface area contributed by atoms with Crippen molar-refractivity contribution in [2.45, 2.75) is 13.8 Å². The molecule has 0 aromatic rings. The second-order valence-corrected chi connectivity index (χ2v) is 3.69. The van der Waals surface area contributed by atoms with Gasteiger partial charge in [-0.25, -0.2) is 0 Å². The average Bonchev–Trinajstić information content (AvgIpc) is 2.44. The minimum absolute atomic E-state index is 0.848. The molecule has 0 saturated heterocycles. The van der Waals surface area contributed by atoms with Crippen LogP contribution in [0.5, 0.6) is 0 Å². The molecule has 0 aromatic heterocycles. The van der Waals surface area contributed by atoms with Gasteiger partial charge in [0.25, 0.3) is 0 Å². The molecule has 1 aliphatic heterocycles. The second-order valence-electron chi connectivity index (χ2n) is 3.69. The first-order valence-electron chi connectivity index (χ1n) is 6.66. The minimum atomic E-state index is 0.848. The highest BCUT2D eigenvalue weighted by Crippen LogP contribution is 2.13. The number of likely N-dealkylation sites (N-methyl/N-ethyl adjacent to an activating group) is 1. The van der Waals surface area contributed by atoms with E-state index in [0.29, 0.717) is 0 Å². The molecule has 0 N–H and O–H groups in total. The first-order chi connectivity index (χ1) is 9.29. The van der Waals surface area contributed by atoms with E-state index in [1.54, 1.807) is 0 Å². The Morgan fingerprint density at radius 2 is 1.53 bits per heavy atom. The minimum Gasteiger partial charge on any atom is -0.370 e. The van der Waals surface area contributed by atoms with Crippen LogP contribution in [0.15, 0.2) is 85.2 Å². The van der Waals surface area contributed by atoms with E-state index in [0.717, 1.165) is 17.8 Å². The monoisotopic (exact) mass is 255 g/mol. The first kappa shape index (κ1) is 17.0. The van der Waals surface area contributed by atoms with E-state index in [-0.39, 0.29) is 0 Å². The Hall–Kier alpha value is -2.02. The van der Waals surface area contributed by atoms with Gasteiger partial charge in [-0.15, -0.1) is 0 Å². The molecule has 0 bridgehead atoms. The maximum atomic E-state index is 3.86. The number of hydrogen-bond donors (Lipinski definition) is 0. The van der Waals surface area contributed by atoms with Crippen molar-refractivity contribution in [2.24, 2.45) is 0 Å². The standard InChI is InChI=1S/C16H19N.C2H6/c1-4-15-13-11-9-7-6-8-10-12-14-17(3)16(15)5-2;1-2/h4-13H,1-2,14H2,3H3;1-2H3/b8-6-,9-7+,12-10+,13-11-,16-15-;. The van der Waals surface area contributed by atoms with Crippen molar-refractivity contribution in [2.75, 3.05) is 13.6 Å². The predicted octanol–water partition coefficient (Wildman–Crippen LogP) is 4.81. The quantitative estimate of drug-likeness (QED) is 0.684. The van der Waals surface area contributed by atoms with E-state index < -0.39 is 0 Å². The van der Waals surface area contributed by atoms with E-state index in [4.69, 9.17) is 0 Å². The Labute approximate surface area is 118 Å². The highest BCUT2D eigenvalue weighted by molar-refractivity contribution is 5.40. The summed E-state index contributed by atoms with van der Waals surface area (Å²) in [6.45, 7) is 12.6. The molecule has 1 heteroatoms. The molecular weight excluding hydrogens is 230 g/mol. The van der Waals surface area contributed by atoms with Gasteiger partial charge >= 0.3 is 0 Å². The van der Waals surface area contributed by atoms with Gasteiger partial charge in [-0.3, -0.25) is 0 Å². The molecule has 0 radical (unpaired) electrons. The fourth-order valence-electron chi connectivity index (χ4n) is 1.56. The van der Waals surface area contributed by atoms with Crippen LogP contribution >= 0.6 is 0 Å².